The van der Waals surface area contributed by atoms with Crippen LogP contribution in [0.15, 0.2) is 94.9 Å². The summed E-state index contributed by atoms with van der Waals surface area (Å²) >= 11 is 0. The van der Waals surface area contributed by atoms with Crippen LogP contribution in [0.25, 0.3) is 33.5 Å². The molecule has 232 valence electrons. The van der Waals surface area contributed by atoms with Crippen molar-refractivity contribution in [1.82, 2.24) is 28.8 Å². The van der Waals surface area contributed by atoms with E-state index < -0.39 is 34.8 Å². The molecule has 0 unspecified atom stereocenters. The number of imidazole rings is 1. The van der Waals surface area contributed by atoms with Gasteiger partial charge in [0, 0.05) is 24.5 Å². The van der Waals surface area contributed by atoms with Crippen LogP contribution in [0, 0.1) is 11.6 Å². The molecule has 4 heterocycles. The van der Waals surface area contributed by atoms with Crippen LogP contribution in [0.5, 0.6) is 0 Å². The molecule has 0 atom stereocenters. The van der Waals surface area contributed by atoms with Gasteiger partial charge in [-0.1, -0.05) is 36.4 Å². The first-order valence-electron chi connectivity index (χ1n) is 14.9. The van der Waals surface area contributed by atoms with Gasteiger partial charge in [-0.25, -0.2) is 28.1 Å². The Labute approximate surface area is 260 Å². The summed E-state index contributed by atoms with van der Waals surface area (Å²) in [7, 11) is 0. The zero-order chi connectivity index (χ0) is 31.9. The topological polar surface area (TPSA) is 124 Å². The molecule has 0 spiro atoms. The average molecular weight is 623 g/mol. The van der Waals surface area contributed by atoms with Gasteiger partial charge in [0.2, 0.25) is 0 Å². The minimum Gasteiger partial charge on any atom is -0.392 e. The molecule has 0 radical (unpaired) electrons. The molecule has 1 saturated carbocycles. The van der Waals surface area contributed by atoms with Crippen molar-refractivity contribution in [1.29, 1.82) is 0 Å². The van der Waals surface area contributed by atoms with Crippen molar-refractivity contribution in [2.45, 2.75) is 44.4 Å². The summed E-state index contributed by atoms with van der Waals surface area (Å²) in [6.45, 7) is -0.0794. The smallest absolute Gasteiger partial charge is 0.337 e. The number of amides is 1. The van der Waals surface area contributed by atoms with Crippen LogP contribution < -0.4 is 16.6 Å². The molecule has 46 heavy (non-hydrogen) atoms. The van der Waals surface area contributed by atoms with E-state index in [9.17, 15) is 28.3 Å². The molecule has 12 heteroatoms. The van der Waals surface area contributed by atoms with Crippen molar-refractivity contribution in [3.05, 3.63) is 129 Å². The van der Waals surface area contributed by atoms with Crippen LogP contribution in [-0.2, 0) is 6.61 Å². The Kier molecular flexibility index (Phi) is 7.49. The number of nitrogens with zero attached hydrogens (tertiary/aromatic N) is 5. The van der Waals surface area contributed by atoms with Crippen LogP contribution in [0.1, 0.15) is 47.8 Å². The van der Waals surface area contributed by atoms with Crippen molar-refractivity contribution in [3.8, 4) is 16.8 Å². The fraction of sp³-hybridized carbons (Fsp3) is 0.206. The molecule has 7 rings (SSSR count). The lowest BCUT2D eigenvalue weighted by atomic mass is 9.90. The van der Waals surface area contributed by atoms with Crippen LogP contribution >= 0.6 is 0 Å². The van der Waals surface area contributed by atoms with Crippen LogP contribution in [0.4, 0.5) is 8.78 Å². The van der Waals surface area contributed by atoms with E-state index in [-0.39, 0.29) is 29.4 Å². The third-order valence-electron chi connectivity index (χ3n) is 8.51. The molecule has 1 aliphatic rings. The molecule has 0 aliphatic heterocycles. The highest BCUT2D eigenvalue weighted by molar-refractivity contribution is 5.93. The van der Waals surface area contributed by atoms with Crippen molar-refractivity contribution in [3.63, 3.8) is 0 Å². The van der Waals surface area contributed by atoms with Crippen LogP contribution in [0.2, 0.25) is 0 Å². The summed E-state index contributed by atoms with van der Waals surface area (Å²) in [5, 5.41) is 12.3. The maximum atomic E-state index is 14.4. The number of fused-ring (bicyclic) bond motifs is 2. The summed E-state index contributed by atoms with van der Waals surface area (Å²) in [5.74, 6) is -1.54. The largest absolute Gasteiger partial charge is 0.392 e. The van der Waals surface area contributed by atoms with E-state index in [0.29, 0.717) is 37.0 Å². The standard InChI is InChI=1S/C34H28F2N6O4/c35-23-8-13-30-39-29(18-40(30)17-23)32(44)38-25-9-11-26(12-10-25)42-33(45)28-15-24(36)16-37-31(28)41(34(42)46)27-3-1-2-22(14-27)21-6-4-20(19-43)5-7-21/h1-8,13-18,25-26,43H,9-12,19H2,(H,38,44). The van der Waals surface area contributed by atoms with Crippen LogP contribution in [-0.4, -0.2) is 40.6 Å². The van der Waals surface area contributed by atoms with E-state index in [0.717, 1.165) is 29.0 Å². The number of hydrogen-bond acceptors (Lipinski definition) is 6. The molecule has 2 N–H and O–H groups in total. The first kappa shape index (κ1) is 29.2. The van der Waals surface area contributed by atoms with E-state index in [1.54, 1.807) is 18.2 Å². The number of carbonyl (C=O) groups excluding carboxylic acids is 1. The van der Waals surface area contributed by atoms with Gasteiger partial charge < -0.3 is 14.8 Å². The summed E-state index contributed by atoms with van der Waals surface area (Å²) in [4.78, 5) is 49.2. The minimum atomic E-state index is -0.694. The maximum Gasteiger partial charge on any atom is 0.337 e. The van der Waals surface area contributed by atoms with E-state index >= 15 is 0 Å². The molecule has 4 aromatic heterocycles. The minimum absolute atomic E-state index is 0.0176. The van der Waals surface area contributed by atoms with E-state index in [4.69, 9.17) is 0 Å². The molecule has 6 aromatic rings. The van der Waals surface area contributed by atoms with Crippen molar-refractivity contribution in [2.24, 2.45) is 0 Å². The quantitative estimate of drug-likeness (QED) is 0.281. The van der Waals surface area contributed by atoms with Gasteiger partial charge in [-0.05, 0) is 72.7 Å². The fourth-order valence-electron chi connectivity index (χ4n) is 6.18. The predicted octanol–water partition coefficient (Wildman–Crippen LogP) is 4.55. The van der Waals surface area contributed by atoms with Gasteiger partial charge >= 0.3 is 5.69 Å². The Morgan fingerprint density at radius 2 is 1.70 bits per heavy atom. The predicted molar refractivity (Wildman–Crippen MR) is 167 cm³/mol. The zero-order valence-corrected chi connectivity index (χ0v) is 24.4. The first-order valence-corrected chi connectivity index (χ1v) is 14.9. The number of halogens is 2. The lowest BCUT2D eigenvalue weighted by Gasteiger charge is -2.30. The second-order valence-corrected chi connectivity index (χ2v) is 11.4. The summed E-state index contributed by atoms with van der Waals surface area (Å²) in [6.07, 6.45) is 5.50. The van der Waals surface area contributed by atoms with E-state index in [2.05, 4.69) is 15.3 Å². The Morgan fingerprint density at radius 3 is 2.46 bits per heavy atom. The summed E-state index contributed by atoms with van der Waals surface area (Å²) in [5.41, 5.74) is 2.32. The van der Waals surface area contributed by atoms with Gasteiger partial charge in [-0.2, -0.15) is 0 Å². The van der Waals surface area contributed by atoms with Gasteiger partial charge in [-0.15, -0.1) is 0 Å². The average Bonchev–Trinajstić information content (AvgIpc) is 3.50. The Balaban J connectivity index is 1.19. The zero-order valence-electron chi connectivity index (χ0n) is 24.4. The Hall–Kier alpha value is -5.49. The first-order chi connectivity index (χ1) is 22.3. The van der Waals surface area contributed by atoms with E-state index in [1.807, 2.05) is 30.3 Å². The Morgan fingerprint density at radius 1 is 0.913 bits per heavy atom. The summed E-state index contributed by atoms with van der Waals surface area (Å²) in [6, 6.07) is 17.7. The second-order valence-electron chi connectivity index (χ2n) is 11.4. The number of carbonyl (C=O) groups is 1. The SMILES string of the molecule is O=C(NC1CCC(n2c(=O)c3cc(F)cnc3n(-c3cccc(-c4ccc(CO)cc4)c3)c2=O)CC1)c1cn2cc(F)ccc2n1. The molecule has 1 aliphatic carbocycles. The summed E-state index contributed by atoms with van der Waals surface area (Å²) < 4.78 is 31.9. The lowest BCUT2D eigenvalue weighted by Crippen LogP contribution is -2.45. The van der Waals surface area contributed by atoms with Crippen molar-refractivity contribution in [2.75, 3.05) is 0 Å². The number of aliphatic hydroxyl groups is 1. The number of pyridine rings is 2. The van der Waals surface area contributed by atoms with Gasteiger partial charge in [0.15, 0.2) is 5.65 Å². The molecule has 10 nitrogen and oxygen atoms in total. The van der Waals surface area contributed by atoms with Gasteiger partial charge in [0.05, 0.1) is 23.9 Å². The number of hydrogen-bond donors (Lipinski definition) is 2. The lowest BCUT2D eigenvalue weighted by molar-refractivity contribution is 0.0917. The van der Waals surface area contributed by atoms with Crippen LogP contribution in [0.3, 0.4) is 0 Å². The molecular weight excluding hydrogens is 594 g/mol. The highest BCUT2D eigenvalue weighted by Crippen LogP contribution is 2.28. The maximum absolute atomic E-state index is 14.4. The van der Waals surface area contributed by atoms with Crippen molar-refractivity contribution >= 4 is 22.6 Å². The van der Waals surface area contributed by atoms with Crippen molar-refractivity contribution < 1.29 is 18.7 Å². The number of rotatable bonds is 6. The molecular formula is C34H28F2N6O4. The molecule has 2 aromatic carbocycles. The number of aliphatic hydroxyl groups excluding tert-OH is 1. The van der Waals surface area contributed by atoms with E-state index in [1.165, 1.54) is 38.1 Å². The molecule has 0 bridgehead atoms. The number of nitrogens with one attached hydrogen (secondary N) is 1. The normalized spacial score (nSPS) is 16.6. The number of aromatic nitrogens is 5. The third-order valence-corrected chi connectivity index (χ3v) is 8.51. The molecule has 1 fully saturated rings. The monoisotopic (exact) mass is 622 g/mol. The third kappa shape index (κ3) is 5.36. The molecule has 0 saturated heterocycles. The van der Waals surface area contributed by atoms with Gasteiger partial charge in [0.1, 0.15) is 23.0 Å². The highest BCUT2D eigenvalue weighted by Gasteiger charge is 2.28. The number of benzene rings is 2. The van der Waals surface area contributed by atoms with Gasteiger partial charge in [-0.3, -0.25) is 14.2 Å². The second kappa shape index (κ2) is 11.8. The highest BCUT2D eigenvalue weighted by atomic mass is 19.1. The fourth-order valence-corrected chi connectivity index (χ4v) is 6.18. The van der Waals surface area contributed by atoms with Gasteiger partial charge in [0.25, 0.3) is 11.5 Å². The molecule has 1 amide bonds. The Bertz CT molecular complexity index is 2230.